The normalized spacial score (nSPS) is 17.1. The van der Waals surface area contributed by atoms with Gasteiger partial charge in [0.2, 0.25) is 0 Å². The third kappa shape index (κ3) is 8.29. The zero-order valence-corrected chi connectivity index (χ0v) is 33.7. The maximum atomic E-state index is 11.7. The summed E-state index contributed by atoms with van der Waals surface area (Å²) in [6.45, 7) is 0. The summed E-state index contributed by atoms with van der Waals surface area (Å²) in [5.41, 5.74) is 0.174. The molecule has 4 aromatic rings. The quantitative estimate of drug-likeness (QED) is 0.162. The number of carboxylic acids is 2. The fourth-order valence-corrected chi connectivity index (χ4v) is 10.2. The minimum absolute atomic E-state index is 0. The topological polar surface area (TPSA) is 205 Å². The smallest absolute Gasteiger partial charge is 0.545 e. The van der Waals surface area contributed by atoms with Crippen molar-refractivity contribution in [1.82, 2.24) is 0 Å². The van der Waals surface area contributed by atoms with Gasteiger partial charge in [-0.25, -0.2) is 0 Å². The van der Waals surface area contributed by atoms with Crippen LogP contribution in [0, 0.1) is 0 Å². The first-order valence-corrected chi connectivity index (χ1v) is 17.3. The van der Waals surface area contributed by atoms with Gasteiger partial charge in [-0.05, 0) is 60.7 Å². The van der Waals surface area contributed by atoms with Crippen molar-refractivity contribution in [2.75, 3.05) is 0 Å². The van der Waals surface area contributed by atoms with E-state index in [2.05, 4.69) is 0 Å². The van der Waals surface area contributed by atoms with E-state index in [-0.39, 0.29) is 98.8 Å². The van der Waals surface area contributed by atoms with Crippen LogP contribution in [0.1, 0.15) is 20.7 Å². The van der Waals surface area contributed by atoms with Crippen LogP contribution < -0.4 is 78.8 Å². The number of carboxylic acid groups (broad SMARTS) is 2. The van der Waals surface area contributed by atoms with Crippen LogP contribution in [0.5, 0.6) is 23.0 Å². The minimum Gasteiger partial charge on any atom is -0.545 e. The molecule has 4 aromatic carbocycles. The molecule has 0 bridgehead atoms. The van der Waals surface area contributed by atoms with E-state index < -0.39 is 32.9 Å². The van der Waals surface area contributed by atoms with Crippen LogP contribution in [-0.4, -0.2) is 48.9 Å². The number of allylic oxidation sites excluding steroid dienone is 6. The molecule has 15 heteroatoms. The van der Waals surface area contributed by atoms with Crippen LogP contribution in [0.25, 0.3) is 0 Å². The number of aromatic hydroxyl groups is 2. The predicted molar refractivity (Wildman–Crippen MR) is 185 cm³/mol. The van der Waals surface area contributed by atoms with Gasteiger partial charge in [0.1, 0.15) is 34.5 Å². The molecule has 11 nitrogen and oxygen atoms in total. The number of carbonyl (C=O) groups excluding carboxylic acids is 4. The number of hydrogen-bond acceptors (Lipinski definition) is 10. The Morgan fingerprint density at radius 2 is 0.925 bits per heavy atom. The van der Waals surface area contributed by atoms with Crippen LogP contribution in [0.3, 0.4) is 0 Å². The summed E-state index contributed by atoms with van der Waals surface area (Å²) in [6, 6.07) is 22.6. The van der Waals surface area contributed by atoms with E-state index in [1.807, 2.05) is 0 Å². The van der Waals surface area contributed by atoms with Crippen LogP contribution in [0.15, 0.2) is 152 Å². The Kier molecular flexibility index (Phi) is 13.5. The number of phenols is 2. The molecule has 53 heavy (non-hydrogen) atoms. The molecule has 2 atom stereocenters. The van der Waals surface area contributed by atoms with Crippen LogP contribution >= 0.6 is 21.0 Å². The van der Waals surface area contributed by atoms with Gasteiger partial charge in [0.05, 0.1) is 21.7 Å². The summed E-state index contributed by atoms with van der Waals surface area (Å²) in [5.74, 6) is -1.38. The van der Waals surface area contributed by atoms with Crippen LogP contribution in [-0.2, 0) is 9.59 Å². The van der Waals surface area contributed by atoms with Crippen LogP contribution in [0.2, 0.25) is 0 Å². The number of ether oxygens (including phenoxy) is 2. The van der Waals surface area contributed by atoms with Crippen molar-refractivity contribution >= 4 is 54.2 Å². The first-order chi connectivity index (χ1) is 24.1. The molecule has 2 heterocycles. The second-order valence-electron chi connectivity index (χ2n) is 10.9. The number of rotatable bonds is 4. The van der Waals surface area contributed by atoms with Crippen molar-refractivity contribution in [1.29, 1.82) is 0 Å². The van der Waals surface area contributed by atoms with Gasteiger partial charge in [-0.2, -0.15) is 0 Å². The molecule has 2 unspecified atom stereocenters. The summed E-state index contributed by atoms with van der Waals surface area (Å²) in [5, 5.41) is 42.6. The van der Waals surface area contributed by atoms with E-state index in [1.54, 1.807) is 60.7 Å². The molecule has 8 rings (SSSR count). The first-order valence-electron chi connectivity index (χ1n) is 14.8. The molecule has 4 aliphatic rings. The first kappa shape index (κ1) is 41.5. The Hall–Kier alpha value is -4.28. The number of phenolic OH excluding ortho intramolecular Hbond substituents is 2. The number of hydrogen-bond donors (Lipinski definition) is 2. The van der Waals surface area contributed by atoms with Crippen molar-refractivity contribution in [3.05, 3.63) is 144 Å². The van der Waals surface area contributed by atoms with Crippen LogP contribution in [0.4, 0.5) is 0 Å². The third-order valence-corrected chi connectivity index (χ3v) is 12.4. The zero-order chi connectivity index (χ0) is 35.1. The molecule has 0 fully saturated rings. The van der Waals surface area contributed by atoms with Crippen molar-refractivity contribution in [2.24, 2.45) is 0 Å². The maximum absolute atomic E-state index is 11.7. The summed E-state index contributed by atoms with van der Waals surface area (Å²) in [4.78, 5) is 50.6. The van der Waals surface area contributed by atoms with Gasteiger partial charge in [-0.3, -0.25) is 9.59 Å². The average Bonchev–Trinajstić information content (AvgIpc) is 3.09. The van der Waals surface area contributed by atoms with Gasteiger partial charge < -0.3 is 45.0 Å². The standard InChI is InChI=1S/2C19H12O5S.2Na.H2O/c2*20-11-5-7-17-14(9-11)24-15-10-12(21)6-8-18(15)25(17)16-4-2-1-3-13(16)19(22)23;;;/h2*1-10,20H,(H,22,23);;;1H2/q;;2*+1;/p-2. The fraction of sp³-hybridized carbons (Fsp3) is 0. The molecular formula is C38H24Na2O11S2. The second-order valence-corrected chi connectivity index (χ2v) is 14.7. The number of carbonyl (C=O) groups is 4. The Bertz CT molecular complexity index is 2240. The zero-order valence-electron chi connectivity index (χ0n) is 28.0. The molecule has 2 aliphatic heterocycles. The van der Waals surface area contributed by atoms with E-state index in [4.69, 9.17) is 9.47 Å². The molecule has 0 saturated heterocycles. The Labute approximate surface area is 351 Å². The molecule has 0 spiro atoms. The van der Waals surface area contributed by atoms with Gasteiger partial charge in [0.15, 0.2) is 11.6 Å². The van der Waals surface area contributed by atoms with E-state index in [0.29, 0.717) is 42.5 Å². The predicted octanol–water partition coefficient (Wildman–Crippen LogP) is -2.76. The summed E-state index contributed by atoms with van der Waals surface area (Å²) < 4.78 is 11.6. The molecule has 2 aliphatic carbocycles. The molecule has 0 radical (unpaired) electrons. The summed E-state index contributed by atoms with van der Waals surface area (Å²) >= 11 is 0. The van der Waals surface area contributed by atoms with Gasteiger partial charge in [-0.1, -0.05) is 36.4 Å². The van der Waals surface area contributed by atoms with E-state index in [0.717, 1.165) is 9.79 Å². The molecule has 256 valence electrons. The van der Waals surface area contributed by atoms with Gasteiger partial charge in [0.25, 0.3) is 0 Å². The molecular weight excluding hydrogens is 743 g/mol. The van der Waals surface area contributed by atoms with E-state index in [9.17, 15) is 39.6 Å². The Morgan fingerprint density at radius 3 is 1.30 bits per heavy atom. The Morgan fingerprint density at radius 1 is 0.547 bits per heavy atom. The van der Waals surface area contributed by atoms with E-state index >= 15 is 0 Å². The SMILES string of the molecule is O.O=C1C=CC2=S(c3ccccc3C(=O)[O-])c3ccc(O)cc3OC2=C1.O=C1C=CC2=S(c3ccccc3C(=O)[O-])c3ccc(O)cc3OC2=C1.[Na+].[Na+]. The fourth-order valence-electron chi connectivity index (χ4n) is 5.54. The molecule has 0 saturated carbocycles. The minimum atomic E-state index is -1.27. The number of ketones is 2. The average molecular weight is 767 g/mol. The van der Waals surface area contributed by atoms with Crippen molar-refractivity contribution in [3.63, 3.8) is 0 Å². The molecule has 0 amide bonds. The Balaban J connectivity index is 0.000000224. The number of benzene rings is 4. The van der Waals surface area contributed by atoms with Crippen molar-refractivity contribution in [2.45, 2.75) is 19.6 Å². The monoisotopic (exact) mass is 766 g/mol. The maximum Gasteiger partial charge on any atom is 1.00 e. The van der Waals surface area contributed by atoms with Gasteiger partial charge in [-0.15, -0.1) is 21.0 Å². The summed E-state index contributed by atoms with van der Waals surface area (Å²) in [7, 11) is -1.60. The number of fused-ring (bicyclic) bond motifs is 4. The summed E-state index contributed by atoms with van der Waals surface area (Å²) in [6.07, 6.45) is 8.89. The van der Waals surface area contributed by atoms with E-state index in [1.165, 1.54) is 60.7 Å². The molecule has 0 aromatic heterocycles. The second kappa shape index (κ2) is 17.2. The number of aromatic carboxylic acids is 2. The molecule has 4 N–H and O–H groups in total. The largest absolute Gasteiger partial charge is 1.00 e. The van der Waals surface area contributed by atoms with Crippen molar-refractivity contribution in [3.8, 4) is 23.0 Å². The van der Waals surface area contributed by atoms with Crippen molar-refractivity contribution < 1.29 is 114 Å². The third-order valence-electron chi connectivity index (χ3n) is 7.66. The van der Waals surface area contributed by atoms with Gasteiger partial charge in [0, 0.05) is 55.0 Å². The van der Waals surface area contributed by atoms with Gasteiger partial charge >= 0.3 is 59.1 Å².